The second-order valence-electron chi connectivity index (χ2n) is 36.8. The van der Waals surface area contributed by atoms with E-state index in [-0.39, 0.29) is 0 Å². The summed E-state index contributed by atoms with van der Waals surface area (Å²) in [6, 6.07) is 204. The molecule has 0 atom stereocenters. The molecule has 0 aliphatic carbocycles. The summed E-state index contributed by atoms with van der Waals surface area (Å²) in [6.45, 7) is 0. The number of benzene rings is 25. The highest BCUT2D eigenvalue weighted by Crippen LogP contribution is 2.50. The Kier molecular flexibility index (Phi) is 21.3. The molecule has 0 saturated carbocycles. The highest BCUT2D eigenvalue weighted by molar-refractivity contribution is 6.24. The zero-order chi connectivity index (χ0) is 93.9. The van der Waals surface area contributed by atoms with Crippen molar-refractivity contribution in [2.45, 2.75) is 0 Å². The van der Waals surface area contributed by atoms with Crippen molar-refractivity contribution in [3.05, 3.63) is 558 Å². The molecule has 0 amide bonds. The first-order valence-corrected chi connectivity index (χ1v) is 48.9. The molecule has 0 saturated heterocycles. The van der Waals surface area contributed by atoms with Gasteiger partial charge in [-0.05, 0) is 298 Å². The number of aromatic nitrogens is 2. The smallest absolute Gasteiger partial charge is 0.0541 e. The van der Waals surface area contributed by atoms with Gasteiger partial charge in [-0.25, -0.2) is 0 Å². The minimum atomic E-state index is 1.08. The van der Waals surface area contributed by atoms with Crippen LogP contribution in [-0.2, 0) is 0 Å². The Bertz CT molecular complexity index is 9320. The number of anilines is 6. The molecular formula is C138H92N4. The summed E-state index contributed by atoms with van der Waals surface area (Å²) in [5.74, 6) is 0. The average Bonchev–Trinajstić information content (AvgIpc) is 1.50. The molecule has 0 N–H and O–H groups in total. The zero-order valence-electron chi connectivity index (χ0n) is 77.9. The number of para-hydroxylation sites is 4. The van der Waals surface area contributed by atoms with Crippen LogP contribution < -0.4 is 9.80 Å². The van der Waals surface area contributed by atoms with E-state index in [4.69, 9.17) is 0 Å². The van der Waals surface area contributed by atoms with Gasteiger partial charge < -0.3 is 18.9 Å². The first kappa shape index (κ1) is 83.8. The van der Waals surface area contributed by atoms with Gasteiger partial charge in [0.05, 0.1) is 22.1 Å². The number of rotatable bonds is 17. The molecule has 0 radical (unpaired) electrons. The van der Waals surface area contributed by atoms with Crippen molar-refractivity contribution in [2.75, 3.05) is 9.80 Å². The SMILES string of the molecule is c1ccc(-c2c3ccccc3c(-c3ccc(N(c4ccc(-c5ccc(-c6cccc7ccccc67)cc5)cc4)c4ccc(-c5ccc6c(c5)c5ccccc5n6-c5ccccc5)cc4)cc3)c3ccccc23)cc1.c1ccc(-c2c3ccccc3c(-c3ccc(N(c4ccc(-c5ccc6c(c5)c5ccccc5n6-c5ccccc5)cc4)c4ccc(-c5cccc6ccccc56)cc4)cc3)c3ccccc23)cc1. The Labute approximate surface area is 825 Å². The number of fused-ring (bicyclic) bond motifs is 12. The van der Waals surface area contributed by atoms with E-state index in [1.807, 2.05) is 0 Å². The maximum atomic E-state index is 2.38. The lowest BCUT2D eigenvalue weighted by Gasteiger charge is -2.26. The van der Waals surface area contributed by atoms with E-state index < -0.39 is 0 Å². The Hall–Kier alpha value is -18.7. The van der Waals surface area contributed by atoms with Gasteiger partial charge in [0.2, 0.25) is 0 Å². The maximum absolute atomic E-state index is 2.38. The lowest BCUT2D eigenvalue weighted by molar-refractivity contribution is 1.18. The van der Waals surface area contributed by atoms with Gasteiger partial charge in [0.25, 0.3) is 0 Å². The molecule has 27 rings (SSSR count). The Morgan fingerprint density at radius 3 is 0.634 bits per heavy atom. The van der Waals surface area contributed by atoms with Gasteiger partial charge in [-0.1, -0.05) is 425 Å². The third-order valence-electron chi connectivity index (χ3n) is 28.8. The van der Waals surface area contributed by atoms with E-state index in [0.29, 0.717) is 0 Å². The largest absolute Gasteiger partial charge is 0.311 e. The lowest BCUT2D eigenvalue weighted by Crippen LogP contribution is -2.09. The molecule has 664 valence electrons. The standard InChI is InChI=1S/C72H48N2.C66H44N2/c1-3-17-54(18-4-1)71-64-24-9-11-26-66(64)72(67-27-12-10-25-65(67)71)55-38-45-60(46-39-55)73(58-41-34-50(35-42-58)49-30-32-53(33-31-49)62-28-15-19-52-16-7-8-22-61(52)62)59-43-36-51(37-44-59)56-40-47-70-68(48-56)63-23-13-14-29-69(63)74(70)57-20-5-2-6-21-57;1-3-17-48(18-4-1)65-58-24-9-11-26-60(58)66(61-27-12-10-25-59(61)65)49-34-41-54(42-35-49)67(53-39-32-47(33-40-53)56-28-15-19-46-16-7-8-22-55(46)56)52-37-30-45(31-38-52)50-36-43-64-62(44-50)57-23-13-14-29-63(57)68(64)51-20-5-2-6-21-51/h1-48H;1-44H. The lowest BCUT2D eigenvalue weighted by atomic mass is 9.86. The first-order valence-electron chi connectivity index (χ1n) is 48.9. The summed E-state index contributed by atoms with van der Waals surface area (Å²) in [5.41, 5.74) is 35.5. The molecule has 0 fully saturated rings. The van der Waals surface area contributed by atoms with E-state index >= 15 is 0 Å². The van der Waals surface area contributed by atoms with E-state index in [1.165, 1.54) is 208 Å². The molecule has 0 unspecified atom stereocenters. The highest BCUT2D eigenvalue weighted by Gasteiger charge is 2.25. The van der Waals surface area contributed by atoms with Gasteiger partial charge in [-0.15, -0.1) is 0 Å². The summed E-state index contributed by atoms with van der Waals surface area (Å²) >= 11 is 0. The third kappa shape index (κ3) is 15.1. The summed E-state index contributed by atoms with van der Waals surface area (Å²) in [5, 5.41) is 20.0. The van der Waals surface area contributed by atoms with Crippen LogP contribution in [0.25, 0.3) is 220 Å². The van der Waals surface area contributed by atoms with Crippen LogP contribution in [-0.4, -0.2) is 9.13 Å². The van der Waals surface area contributed by atoms with Gasteiger partial charge in [0.15, 0.2) is 0 Å². The first-order chi connectivity index (χ1) is 70.5. The van der Waals surface area contributed by atoms with Crippen molar-refractivity contribution in [1.82, 2.24) is 9.13 Å². The number of hydrogen-bond donors (Lipinski definition) is 0. The molecule has 25 aromatic carbocycles. The monoisotopic (exact) mass is 1800 g/mol. The minimum Gasteiger partial charge on any atom is -0.311 e. The van der Waals surface area contributed by atoms with Gasteiger partial charge in [-0.3, -0.25) is 0 Å². The van der Waals surface area contributed by atoms with Crippen LogP contribution in [0.4, 0.5) is 34.1 Å². The van der Waals surface area contributed by atoms with Gasteiger partial charge in [-0.2, -0.15) is 0 Å². The topological polar surface area (TPSA) is 16.3 Å². The van der Waals surface area contributed by atoms with E-state index in [1.54, 1.807) is 0 Å². The quantitative estimate of drug-likeness (QED) is 0.0845. The molecule has 2 heterocycles. The molecule has 27 aromatic rings. The van der Waals surface area contributed by atoms with E-state index in [2.05, 4.69) is 577 Å². The van der Waals surface area contributed by atoms with Gasteiger partial charge in [0, 0.05) is 67.0 Å². The summed E-state index contributed by atoms with van der Waals surface area (Å²) in [6.07, 6.45) is 0. The molecule has 4 nitrogen and oxygen atoms in total. The summed E-state index contributed by atoms with van der Waals surface area (Å²) in [4.78, 5) is 4.76. The second-order valence-corrected chi connectivity index (χ2v) is 36.8. The van der Waals surface area contributed by atoms with Crippen molar-refractivity contribution < 1.29 is 0 Å². The predicted octanol–water partition coefficient (Wildman–Crippen LogP) is 38.4. The van der Waals surface area contributed by atoms with Gasteiger partial charge >= 0.3 is 0 Å². The predicted molar refractivity (Wildman–Crippen MR) is 605 cm³/mol. The fourth-order valence-electron chi connectivity index (χ4n) is 22.2. The van der Waals surface area contributed by atoms with Crippen molar-refractivity contribution in [1.29, 1.82) is 0 Å². The average molecular weight is 1810 g/mol. The molecule has 0 aliphatic heterocycles. The minimum absolute atomic E-state index is 1.08. The van der Waals surface area contributed by atoms with Crippen molar-refractivity contribution in [3.63, 3.8) is 0 Å². The normalized spacial score (nSPS) is 11.5. The van der Waals surface area contributed by atoms with Crippen molar-refractivity contribution >= 4 is 142 Å². The Morgan fingerprint density at radius 1 is 0.120 bits per heavy atom. The third-order valence-corrected chi connectivity index (χ3v) is 28.8. The van der Waals surface area contributed by atoms with Crippen LogP contribution >= 0.6 is 0 Å². The summed E-state index contributed by atoms with van der Waals surface area (Å²) in [7, 11) is 0. The molecule has 142 heavy (non-hydrogen) atoms. The van der Waals surface area contributed by atoms with Crippen LogP contribution in [0.5, 0.6) is 0 Å². The summed E-state index contributed by atoms with van der Waals surface area (Å²) < 4.78 is 4.75. The fourth-order valence-corrected chi connectivity index (χ4v) is 22.2. The zero-order valence-corrected chi connectivity index (χ0v) is 77.9. The Morgan fingerprint density at radius 2 is 0.324 bits per heavy atom. The molecule has 0 spiro atoms. The molecule has 2 aromatic heterocycles. The molecular weight excluding hydrogens is 1710 g/mol. The second kappa shape index (κ2) is 36.1. The van der Waals surface area contributed by atoms with E-state index in [0.717, 1.165) is 45.5 Å². The van der Waals surface area contributed by atoms with Gasteiger partial charge in [0.1, 0.15) is 0 Å². The molecule has 4 heteroatoms. The number of hydrogen-bond acceptors (Lipinski definition) is 2. The maximum Gasteiger partial charge on any atom is 0.0541 e. The highest BCUT2D eigenvalue weighted by atomic mass is 15.1. The van der Waals surface area contributed by atoms with Crippen LogP contribution in [0.2, 0.25) is 0 Å². The van der Waals surface area contributed by atoms with Crippen LogP contribution in [0.3, 0.4) is 0 Å². The van der Waals surface area contributed by atoms with Crippen molar-refractivity contribution in [2.24, 2.45) is 0 Å². The van der Waals surface area contributed by atoms with Crippen LogP contribution in [0, 0.1) is 0 Å². The van der Waals surface area contributed by atoms with Crippen LogP contribution in [0.1, 0.15) is 0 Å². The van der Waals surface area contributed by atoms with Crippen LogP contribution in [0.15, 0.2) is 558 Å². The molecule has 0 bridgehead atoms. The number of nitrogens with zero attached hydrogens (tertiary/aromatic N) is 4. The fraction of sp³-hybridized carbons (Fsp3) is 0. The molecule has 0 aliphatic rings. The van der Waals surface area contributed by atoms with E-state index in [9.17, 15) is 0 Å². The Balaban J connectivity index is 0.000000146. The van der Waals surface area contributed by atoms with Crippen molar-refractivity contribution in [3.8, 4) is 112 Å².